The number of ether oxygens (including phenoxy) is 1. The third-order valence-corrected chi connectivity index (χ3v) is 4.01. The van der Waals surface area contributed by atoms with Crippen LogP contribution in [-0.4, -0.2) is 6.54 Å². The van der Waals surface area contributed by atoms with Gasteiger partial charge >= 0.3 is 0 Å². The Bertz CT molecular complexity index is 588. The van der Waals surface area contributed by atoms with E-state index in [0.717, 1.165) is 16.8 Å². The van der Waals surface area contributed by atoms with Gasteiger partial charge in [0.25, 0.3) is 0 Å². The Morgan fingerprint density at radius 3 is 2.65 bits per heavy atom. The quantitative estimate of drug-likeness (QED) is 0.758. The van der Waals surface area contributed by atoms with Crippen molar-refractivity contribution >= 4 is 27.5 Å². The van der Waals surface area contributed by atoms with Gasteiger partial charge in [0.1, 0.15) is 11.5 Å². The molecule has 0 saturated carbocycles. The van der Waals surface area contributed by atoms with Gasteiger partial charge in [-0.05, 0) is 43.3 Å². The smallest absolute Gasteiger partial charge is 0.146 e. The first-order valence-electron chi connectivity index (χ1n) is 6.57. The molecule has 0 aromatic heterocycles. The summed E-state index contributed by atoms with van der Waals surface area (Å²) in [5.74, 6) is 1.42. The van der Waals surface area contributed by atoms with Crippen molar-refractivity contribution in [2.45, 2.75) is 19.9 Å². The average molecular weight is 355 g/mol. The molecule has 20 heavy (non-hydrogen) atoms. The van der Waals surface area contributed by atoms with Crippen molar-refractivity contribution in [2.24, 2.45) is 0 Å². The monoisotopic (exact) mass is 353 g/mol. The number of para-hydroxylation sites is 1. The van der Waals surface area contributed by atoms with E-state index in [0.29, 0.717) is 16.8 Å². The molecule has 0 bridgehead atoms. The average Bonchev–Trinajstić information content (AvgIpc) is 2.42. The molecular formula is C16H17BrClNO. The fraction of sp³-hybridized carbons (Fsp3) is 0.250. The molecule has 0 spiro atoms. The van der Waals surface area contributed by atoms with Gasteiger partial charge in [-0.2, -0.15) is 0 Å². The van der Waals surface area contributed by atoms with Crippen LogP contribution in [0, 0.1) is 0 Å². The lowest BCUT2D eigenvalue weighted by Gasteiger charge is -2.16. The Balaban J connectivity index is 2.19. The predicted molar refractivity (Wildman–Crippen MR) is 87.8 cm³/mol. The molecule has 2 aromatic rings. The fourth-order valence-corrected chi connectivity index (χ4v) is 2.87. The third-order valence-electron chi connectivity index (χ3n) is 3.01. The predicted octanol–water partition coefficient (Wildman–Crippen LogP) is 5.57. The number of halogens is 2. The topological polar surface area (TPSA) is 21.3 Å². The Hall–Kier alpha value is -1.03. The second-order valence-electron chi connectivity index (χ2n) is 4.50. The fourth-order valence-electron chi connectivity index (χ4n) is 1.99. The van der Waals surface area contributed by atoms with Crippen molar-refractivity contribution in [1.29, 1.82) is 0 Å². The van der Waals surface area contributed by atoms with Gasteiger partial charge in [0.15, 0.2) is 0 Å². The van der Waals surface area contributed by atoms with Gasteiger partial charge in [-0.3, -0.25) is 0 Å². The van der Waals surface area contributed by atoms with Crippen LogP contribution in [0.25, 0.3) is 0 Å². The van der Waals surface area contributed by atoms with Gasteiger partial charge in [-0.1, -0.05) is 52.7 Å². The van der Waals surface area contributed by atoms with Crippen molar-refractivity contribution in [3.8, 4) is 11.5 Å². The van der Waals surface area contributed by atoms with Crippen LogP contribution >= 0.6 is 27.5 Å². The molecule has 2 rings (SSSR count). The first kappa shape index (κ1) is 15.4. The number of nitrogens with one attached hydrogen (secondary N) is 1. The second kappa shape index (κ2) is 7.11. The molecule has 0 amide bonds. The zero-order valence-electron chi connectivity index (χ0n) is 11.5. The molecule has 1 N–H and O–H groups in total. The van der Waals surface area contributed by atoms with Crippen molar-refractivity contribution in [3.05, 3.63) is 57.5 Å². The first-order chi connectivity index (χ1) is 9.61. The van der Waals surface area contributed by atoms with Crippen LogP contribution in [0.15, 0.2) is 46.9 Å². The molecule has 0 aliphatic heterocycles. The van der Waals surface area contributed by atoms with Gasteiger partial charge in [0, 0.05) is 10.5 Å². The SMILES string of the molecule is CCNC(C)c1ccc(Oc2ccccc2Cl)cc1Br. The summed E-state index contributed by atoms with van der Waals surface area (Å²) in [7, 11) is 0. The molecule has 0 aliphatic carbocycles. The second-order valence-corrected chi connectivity index (χ2v) is 5.76. The summed E-state index contributed by atoms with van der Waals surface area (Å²) < 4.78 is 6.83. The number of rotatable bonds is 5. The van der Waals surface area contributed by atoms with Gasteiger partial charge in [-0.25, -0.2) is 0 Å². The minimum Gasteiger partial charge on any atom is -0.456 e. The molecule has 0 fully saturated rings. The Morgan fingerprint density at radius 2 is 2.00 bits per heavy atom. The van der Waals surface area contributed by atoms with Crippen LogP contribution in [0.2, 0.25) is 5.02 Å². The highest BCUT2D eigenvalue weighted by molar-refractivity contribution is 9.10. The van der Waals surface area contributed by atoms with Gasteiger partial charge in [0.2, 0.25) is 0 Å². The highest BCUT2D eigenvalue weighted by Gasteiger charge is 2.10. The number of hydrogen-bond acceptors (Lipinski definition) is 2. The molecule has 1 atom stereocenters. The van der Waals surface area contributed by atoms with E-state index in [1.165, 1.54) is 5.56 Å². The Kier molecular flexibility index (Phi) is 5.46. The summed E-state index contributed by atoms with van der Waals surface area (Å²) in [6.07, 6.45) is 0. The summed E-state index contributed by atoms with van der Waals surface area (Å²) in [5, 5.41) is 3.99. The van der Waals surface area contributed by atoms with E-state index >= 15 is 0 Å². The lowest BCUT2D eigenvalue weighted by atomic mass is 10.1. The zero-order chi connectivity index (χ0) is 14.5. The van der Waals surface area contributed by atoms with E-state index < -0.39 is 0 Å². The van der Waals surface area contributed by atoms with Crippen LogP contribution in [-0.2, 0) is 0 Å². The third kappa shape index (κ3) is 3.75. The van der Waals surface area contributed by atoms with Crippen LogP contribution in [0.1, 0.15) is 25.5 Å². The maximum atomic E-state index is 6.09. The van der Waals surface area contributed by atoms with E-state index in [1.807, 2.05) is 36.4 Å². The van der Waals surface area contributed by atoms with E-state index in [4.69, 9.17) is 16.3 Å². The van der Waals surface area contributed by atoms with Crippen molar-refractivity contribution in [2.75, 3.05) is 6.54 Å². The molecule has 2 nitrogen and oxygen atoms in total. The molecular weight excluding hydrogens is 338 g/mol. The maximum absolute atomic E-state index is 6.09. The molecule has 4 heteroatoms. The van der Waals surface area contributed by atoms with E-state index in [-0.39, 0.29) is 0 Å². The maximum Gasteiger partial charge on any atom is 0.146 e. The molecule has 0 aliphatic rings. The Labute approximate surface area is 133 Å². The summed E-state index contributed by atoms with van der Waals surface area (Å²) in [6.45, 7) is 5.17. The molecule has 0 saturated heterocycles. The molecule has 0 heterocycles. The van der Waals surface area contributed by atoms with Crippen molar-refractivity contribution < 1.29 is 4.74 Å². The zero-order valence-corrected chi connectivity index (χ0v) is 13.8. The summed E-state index contributed by atoms with van der Waals surface area (Å²) >= 11 is 9.69. The van der Waals surface area contributed by atoms with Crippen LogP contribution < -0.4 is 10.1 Å². The van der Waals surface area contributed by atoms with Crippen molar-refractivity contribution in [1.82, 2.24) is 5.32 Å². The standard InChI is InChI=1S/C16H17BrClNO/c1-3-19-11(2)13-9-8-12(10-14(13)17)20-16-7-5-4-6-15(16)18/h4-11,19H,3H2,1-2H3. The largest absolute Gasteiger partial charge is 0.456 e. The van der Waals surface area contributed by atoms with Crippen molar-refractivity contribution in [3.63, 3.8) is 0 Å². The molecule has 1 unspecified atom stereocenters. The summed E-state index contributed by atoms with van der Waals surface area (Å²) in [5.41, 5.74) is 1.21. The van der Waals surface area contributed by atoms with Gasteiger partial charge in [0.05, 0.1) is 5.02 Å². The first-order valence-corrected chi connectivity index (χ1v) is 7.74. The molecule has 2 aromatic carbocycles. The van der Waals surface area contributed by atoms with Gasteiger partial charge < -0.3 is 10.1 Å². The van der Waals surface area contributed by atoms with Crippen LogP contribution in [0.5, 0.6) is 11.5 Å². The minimum absolute atomic E-state index is 0.295. The summed E-state index contributed by atoms with van der Waals surface area (Å²) in [6, 6.07) is 13.7. The minimum atomic E-state index is 0.295. The highest BCUT2D eigenvalue weighted by Crippen LogP contribution is 2.32. The van der Waals surface area contributed by atoms with E-state index in [9.17, 15) is 0 Å². The van der Waals surface area contributed by atoms with E-state index in [2.05, 4.69) is 41.2 Å². The lowest BCUT2D eigenvalue weighted by Crippen LogP contribution is -2.17. The normalized spacial score (nSPS) is 12.2. The van der Waals surface area contributed by atoms with E-state index in [1.54, 1.807) is 0 Å². The molecule has 0 radical (unpaired) electrons. The number of hydrogen-bond donors (Lipinski definition) is 1. The Morgan fingerprint density at radius 1 is 1.25 bits per heavy atom. The van der Waals surface area contributed by atoms with Crippen LogP contribution in [0.3, 0.4) is 0 Å². The summed E-state index contributed by atoms with van der Waals surface area (Å²) in [4.78, 5) is 0. The molecule has 106 valence electrons. The number of benzene rings is 2. The van der Waals surface area contributed by atoms with Crippen LogP contribution in [0.4, 0.5) is 0 Å². The lowest BCUT2D eigenvalue weighted by molar-refractivity contribution is 0.481. The van der Waals surface area contributed by atoms with Gasteiger partial charge in [-0.15, -0.1) is 0 Å². The highest BCUT2D eigenvalue weighted by atomic mass is 79.9.